The lowest BCUT2D eigenvalue weighted by Crippen LogP contribution is -2.25. The van der Waals surface area contributed by atoms with Crippen LogP contribution in [-0.4, -0.2) is 71.7 Å². The molecule has 1 saturated heterocycles. The topological polar surface area (TPSA) is 121 Å². The monoisotopic (exact) mass is 464 g/mol. The zero-order valence-corrected chi connectivity index (χ0v) is 18.7. The molecule has 32 heavy (non-hydrogen) atoms. The highest BCUT2D eigenvalue weighted by Crippen LogP contribution is 2.38. The Morgan fingerprint density at radius 1 is 1.31 bits per heavy atom. The molecule has 1 fully saturated rings. The fourth-order valence-electron chi connectivity index (χ4n) is 3.15. The van der Waals surface area contributed by atoms with Crippen LogP contribution in [0.3, 0.4) is 0 Å². The molecule has 10 heteroatoms. The number of phenolic OH excluding ortho intramolecular Hbond substituents is 2. The van der Waals surface area contributed by atoms with Crippen LogP contribution < -0.4 is 0 Å². The zero-order chi connectivity index (χ0) is 23.4. The van der Waals surface area contributed by atoms with Crippen LogP contribution in [0.4, 0.5) is 0 Å². The number of cyclic esters (lactones) is 1. The van der Waals surface area contributed by atoms with Gasteiger partial charge in [-0.3, -0.25) is 4.79 Å². The first-order valence-electron chi connectivity index (χ1n) is 10.0. The average Bonchev–Trinajstić information content (AvgIpc) is 3.45. The molecule has 0 saturated carbocycles. The second-order valence-corrected chi connectivity index (χ2v) is 8.12. The smallest absolute Gasteiger partial charge is 0.342 e. The van der Waals surface area contributed by atoms with Crippen LogP contribution in [0.2, 0.25) is 5.02 Å². The number of oxime groups is 1. The van der Waals surface area contributed by atoms with Gasteiger partial charge in [0.25, 0.3) is 5.91 Å². The van der Waals surface area contributed by atoms with Gasteiger partial charge in [-0.25, -0.2) is 4.79 Å². The first-order valence-corrected chi connectivity index (χ1v) is 10.4. The van der Waals surface area contributed by atoms with Crippen molar-refractivity contribution < 1.29 is 34.1 Å². The zero-order valence-electron chi connectivity index (χ0n) is 17.9. The van der Waals surface area contributed by atoms with E-state index in [1.807, 2.05) is 6.08 Å². The first-order chi connectivity index (χ1) is 15.2. The van der Waals surface area contributed by atoms with Crippen molar-refractivity contribution in [3.05, 3.63) is 46.5 Å². The number of nitrogens with zero attached hydrogens (tertiary/aromatic N) is 2. The van der Waals surface area contributed by atoms with Gasteiger partial charge in [0.05, 0.1) is 16.8 Å². The van der Waals surface area contributed by atoms with E-state index < -0.39 is 23.6 Å². The summed E-state index contributed by atoms with van der Waals surface area (Å²) in [6.07, 6.45) is 6.76. The van der Waals surface area contributed by atoms with E-state index in [4.69, 9.17) is 25.9 Å². The number of benzene rings is 1. The molecular formula is C22H25ClN2O7. The minimum Gasteiger partial charge on any atom is -0.507 e. The van der Waals surface area contributed by atoms with Crippen LogP contribution in [-0.2, 0) is 25.5 Å². The van der Waals surface area contributed by atoms with Crippen LogP contribution in [0.5, 0.6) is 11.5 Å². The molecule has 172 valence electrons. The van der Waals surface area contributed by atoms with E-state index in [1.165, 1.54) is 4.90 Å². The lowest BCUT2D eigenvalue weighted by atomic mass is 9.99. The Morgan fingerprint density at radius 2 is 2.06 bits per heavy atom. The van der Waals surface area contributed by atoms with Crippen molar-refractivity contribution in [2.45, 2.75) is 38.1 Å². The number of ether oxygens (including phenoxy) is 2. The number of carbonyl (C=O) groups is 2. The number of allylic oxidation sites excluding steroid dienone is 3. The third kappa shape index (κ3) is 5.80. The van der Waals surface area contributed by atoms with Gasteiger partial charge in [0.15, 0.2) is 6.61 Å². The van der Waals surface area contributed by atoms with Crippen LogP contribution >= 0.6 is 11.6 Å². The van der Waals surface area contributed by atoms with Crippen LogP contribution in [0.25, 0.3) is 0 Å². The molecule has 1 amide bonds. The number of hydrogen-bond acceptors (Lipinski definition) is 8. The second kappa shape index (κ2) is 10.1. The summed E-state index contributed by atoms with van der Waals surface area (Å²) in [5.74, 6) is -1.95. The maximum atomic E-state index is 12.9. The molecule has 2 aliphatic rings. The molecule has 0 aliphatic carbocycles. The summed E-state index contributed by atoms with van der Waals surface area (Å²) in [5.41, 5.74) is 0.236. The van der Waals surface area contributed by atoms with E-state index in [1.54, 1.807) is 39.2 Å². The van der Waals surface area contributed by atoms with E-state index in [-0.39, 0.29) is 47.3 Å². The standard InChI is InChI=1S/C22H25ClN2O7/c1-12-8-18-17(32-18)7-5-4-6-13(24-30-11-19(28)25(2)3)9-14-20(22(29)31-12)15(26)10-16(27)21(14)23/h4-7,10,12,17-18,26-27H,8-9,11H2,1-3H3/b6-4+,7-5-,24-13+/t12-,17-,18+/m1/s1. The van der Waals surface area contributed by atoms with Crippen molar-refractivity contribution in [2.75, 3.05) is 20.7 Å². The summed E-state index contributed by atoms with van der Waals surface area (Å²) in [7, 11) is 3.18. The Bertz CT molecular complexity index is 987. The number of rotatable bonds is 3. The number of esters is 1. The van der Waals surface area contributed by atoms with Crippen LogP contribution in [0, 0.1) is 0 Å². The maximum absolute atomic E-state index is 12.9. The Labute approximate surface area is 190 Å². The second-order valence-electron chi connectivity index (χ2n) is 7.74. The van der Waals surface area contributed by atoms with Gasteiger partial charge in [-0.05, 0) is 18.6 Å². The molecule has 0 aromatic heterocycles. The van der Waals surface area contributed by atoms with E-state index in [0.29, 0.717) is 12.1 Å². The SMILES string of the molecule is C[C@@H]1C[C@@H]2O[C@@H]2\C=C/C=C/C(=N\OCC(=O)N(C)C)Cc2c(Cl)c(O)cc(O)c2C(=O)O1. The Kier molecular flexibility index (Phi) is 7.42. The van der Waals surface area contributed by atoms with Crippen LogP contribution in [0.1, 0.15) is 29.3 Å². The summed E-state index contributed by atoms with van der Waals surface area (Å²) < 4.78 is 11.0. The number of carbonyl (C=O) groups excluding carboxylic acids is 2. The predicted molar refractivity (Wildman–Crippen MR) is 117 cm³/mol. The van der Waals surface area contributed by atoms with E-state index >= 15 is 0 Å². The quantitative estimate of drug-likeness (QED) is 0.400. The molecule has 1 aromatic rings. The van der Waals surface area contributed by atoms with Gasteiger partial charge in [0.2, 0.25) is 0 Å². The highest BCUT2D eigenvalue weighted by Gasteiger charge is 2.38. The molecule has 0 bridgehead atoms. The van der Waals surface area contributed by atoms with E-state index in [9.17, 15) is 19.8 Å². The molecule has 0 radical (unpaired) electrons. The molecule has 2 heterocycles. The van der Waals surface area contributed by atoms with Crippen molar-refractivity contribution in [3.63, 3.8) is 0 Å². The van der Waals surface area contributed by atoms with Crippen molar-refractivity contribution in [3.8, 4) is 11.5 Å². The summed E-state index contributed by atoms with van der Waals surface area (Å²) >= 11 is 6.27. The van der Waals surface area contributed by atoms with Crippen molar-refractivity contribution >= 4 is 29.2 Å². The number of epoxide rings is 1. The average molecular weight is 465 g/mol. The number of phenols is 2. The molecule has 0 spiro atoms. The van der Waals surface area contributed by atoms with Gasteiger partial charge in [-0.1, -0.05) is 35.0 Å². The lowest BCUT2D eigenvalue weighted by molar-refractivity contribution is -0.133. The van der Waals surface area contributed by atoms with Gasteiger partial charge >= 0.3 is 5.97 Å². The van der Waals surface area contributed by atoms with Crippen molar-refractivity contribution in [1.82, 2.24) is 4.90 Å². The molecular weight excluding hydrogens is 440 g/mol. The van der Waals surface area contributed by atoms with Crippen LogP contribution in [0.15, 0.2) is 35.5 Å². The van der Waals surface area contributed by atoms with Gasteiger partial charge < -0.3 is 29.4 Å². The number of amides is 1. The van der Waals surface area contributed by atoms with Crippen molar-refractivity contribution in [2.24, 2.45) is 5.16 Å². The number of likely N-dealkylation sites (N-methyl/N-ethyl adjacent to an activating group) is 1. The third-order valence-corrected chi connectivity index (χ3v) is 5.37. The van der Waals surface area contributed by atoms with Gasteiger partial charge in [-0.15, -0.1) is 0 Å². The molecule has 2 N–H and O–H groups in total. The van der Waals surface area contributed by atoms with Gasteiger partial charge in [0, 0.05) is 33.0 Å². The van der Waals surface area contributed by atoms with Gasteiger partial charge in [0.1, 0.15) is 29.3 Å². The predicted octanol–water partition coefficient (Wildman–Crippen LogP) is 2.58. The highest BCUT2D eigenvalue weighted by molar-refractivity contribution is 6.33. The fourth-order valence-corrected chi connectivity index (χ4v) is 3.37. The Hall–Kier alpha value is -3.04. The largest absolute Gasteiger partial charge is 0.507 e. The molecule has 1 aromatic carbocycles. The third-order valence-electron chi connectivity index (χ3n) is 4.95. The van der Waals surface area contributed by atoms with E-state index in [2.05, 4.69) is 5.16 Å². The lowest BCUT2D eigenvalue weighted by Gasteiger charge is -2.17. The maximum Gasteiger partial charge on any atom is 0.342 e. The fraction of sp³-hybridized carbons (Fsp3) is 0.409. The number of aromatic hydroxyl groups is 2. The minimum absolute atomic E-state index is 0.0737. The Morgan fingerprint density at radius 3 is 2.78 bits per heavy atom. The minimum atomic E-state index is -0.788. The van der Waals surface area contributed by atoms with Crippen molar-refractivity contribution in [1.29, 1.82) is 0 Å². The number of hydrogen-bond donors (Lipinski definition) is 2. The molecule has 9 nitrogen and oxygen atoms in total. The summed E-state index contributed by atoms with van der Waals surface area (Å²) in [5, 5.41) is 24.3. The highest BCUT2D eigenvalue weighted by atomic mass is 35.5. The number of halogens is 1. The molecule has 3 atom stereocenters. The normalized spacial score (nSPS) is 26.2. The molecule has 0 unspecified atom stereocenters. The summed E-state index contributed by atoms with van der Waals surface area (Å²) in [6, 6.07) is 0.984. The molecule has 2 aliphatic heterocycles. The van der Waals surface area contributed by atoms with Gasteiger partial charge in [-0.2, -0.15) is 0 Å². The summed E-state index contributed by atoms with van der Waals surface area (Å²) in [6.45, 7) is 1.44. The van der Waals surface area contributed by atoms with E-state index in [0.717, 1.165) is 6.07 Å². The Balaban J connectivity index is 1.99. The first kappa shape index (κ1) is 23.6. The number of fused-ring (bicyclic) bond motifs is 2. The summed E-state index contributed by atoms with van der Waals surface area (Å²) in [4.78, 5) is 31.1. The molecule has 3 rings (SSSR count).